The first-order valence-corrected chi connectivity index (χ1v) is 13.4. The number of hydrogen-bond donors (Lipinski definition) is 3. The van der Waals surface area contributed by atoms with Crippen LogP contribution >= 0.6 is 11.8 Å². The van der Waals surface area contributed by atoms with Gasteiger partial charge in [0.05, 0.1) is 24.4 Å². The fraction of sp³-hybridized carbons (Fsp3) is 0.276. The number of aliphatic hydroxyl groups is 1. The van der Waals surface area contributed by atoms with Gasteiger partial charge >= 0.3 is 12.1 Å². The zero-order chi connectivity index (χ0) is 27.6. The van der Waals surface area contributed by atoms with Crippen LogP contribution in [0.3, 0.4) is 0 Å². The van der Waals surface area contributed by atoms with Gasteiger partial charge in [0.25, 0.3) is 0 Å². The lowest BCUT2D eigenvalue weighted by molar-refractivity contribution is -0.245. The van der Waals surface area contributed by atoms with Gasteiger partial charge in [-0.1, -0.05) is 61.2 Å². The average molecular weight is 551 g/mol. The van der Waals surface area contributed by atoms with E-state index in [1.165, 1.54) is 23.9 Å². The molecule has 1 amide bonds. The summed E-state index contributed by atoms with van der Waals surface area (Å²) in [5, 5.41) is 22.0. The van der Waals surface area contributed by atoms with Crippen LogP contribution in [0.5, 0.6) is 0 Å². The Labute approximate surface area is 230 Å². The van der Waals surface area contributed by atoms with Crippen LogP contribution in [0.4, 0.5) is 4.79 Å². The van der Waals surface area contributed by atoms with Gasteiger partial charge in [-0.05, 0) is 28.8 Å². The number of carboxylic acids is 1. The molecule has 9 nitrogen and oxygen atoms in total. The predicted octanol–water partition coefficient (Wildman–Crippen LogP) is 5.02. The largest absolute Gasteiger partial charge is 0.478 e. The maximum absolute atomic E-state index is 11.7. The van der Waals surface area contributed by atoms with Gasteiger partial charge in [-0.3, -0.25) is 0 Å². The Morgan fingerprint density at radius 3 is 2.49 bits per heavy atom. The first-order chi connectivity index (χ1) is 19.0. The minimum absolute atomic E-state index is 0.0417. The van der Waals surface area contributed by atoms with Crippen LogP contribution < -0.4 is 5.32 Å². The molecule has 4 rings (SSSR count). The van der Waals surface area contributed by atoms with Gasteiger partial charge in [0.1, 0.15) is 11.6 Å². The van der Waals surface area contributed by atoms with E-state index in [1.54, 1.807) is 12.3 Å². The van der Waals surface area contributed by atoms with Crippen LogP contribution in [0.15, 0.2) is 84.5 Å². The minimum atomic E-state index is -1.03. The molecule has 3 N–H and O–H groups in total. The number of carboxylic acid groups (broad SMARTS) is 1. The van der Waals surface area contributed by atoms with Crippen LogP contribution in [-0.2, 0) is 27.4 Å². The molecule has 0 aliphatic carbocycles. The van der Waals surface area contributed by atoms with Gasteiger partial charge in [0.15, 0.2) is 6.29 Å². The Kier molecular flexibility index (Phi) is 10.1. The topological polar surface area (TPSA) is 127 Å². The highest BCUT2D eigenvalue weighted by Gasteiger charge is 2.32. The van der Waals surface area contributed by atoms with Gasteiger partial charge in [0.2, 0.25) is 0 Å². The molecule has 39 heavy (non-hydrogen) atoms. The zero-order valence-corrected chi connectivity index (χ0v) is 22.0. The van der Waals surface area contributed by atoms with E-state index in [0.29, 0.717) is 23.7 Å². The maximum Gasteiger partial charge on any atom is 0.407 e. The van der Waals surface area contributed by atoms with Crippen molar-refractivity contribution in [2.75, 3.05) is 12.4 Å². The molecule has 2 aromatic carbocycles. The number of amides is 1. The number of rotatable bonds is 11. The molecule has 0 saturated carbocycles. The molecule has 1 saturated heterocycles. The molecule has 10 heteroatoms. The summed E-state index contributed by atoms with van der Waals surface area (Å²) in [5.74, 6) is -0.543. The van der Waals surface area contributed by atoms with E-state index in [2.05, 4.69) is 16.9 Å². The highest BCUT2D eigenvalue weighted by molar-refractivity contribution is 7.99. The van der Waals surface area contributed by atoms with Crippen molar-refractivity contribution in [2.45, 2.75) is 43.1 Å². The average Bonchev–Trinajstić information content (AvgIpc) is 2.98. The highest BCUT2D eigenvalue weighted by Crippen LogP contribution is 2.39. The second-order valence-corrected chi connectivity index (χ2v) is 9.81. The number of alkyl carbamates (subject to hydrolysis) is 1. The lowest BCUT2D eigenvalue weighted by Gasteiger charge is -2.36. The van der Waals surface area contributed by atoms with Gasteiger partial charge in [0, 0.05) is 30.5 Å². The van der Waals surface area contributed by atoms with Crippen molar-refractivity contribution in [1.82, 2.24) is 10.3 Å². The fourth-order valence-corrected chi connectivity index (χ4v) is 5.02. The summed E-state index contributed by atoms with van der Waals surface area (Å²) in [7, 11) is 0. The number of aromatic nitrogens is 1. The third-order valence-corrected chi connectivity index (χ3v) is 7.18. The molecule has 1 aliphatic heterocycles. The second-order valence-electron chi connectivity index (χ2n) is 8.80. The number of nitrogens with zero attached hydrogens (tertiary/aromatic N) is 1. The number of carbonyl (C=O) groups is 2. The van der Waals surface area contributed by atoms with Gasteiger partial charge in [-0.25, -0.2) is 14.6 Å². The van der Waals surface area contributed by atoms with Crippen molar-refractivity contribution < 1.29 is 34.0 Å². The smallest absolute Gasteiger partial charge is 0.407 e. The molecule has 0 unspecified atom stereocenters. The molecular weight excluding hydrogens is 520 g/mol. The standard InChI is InChI=1S/C29H30N2O7S/c1-2-14-36-29(35)31-16-19-5-11-22(12-6-19)28-37-23(18-39-26-24(27(33)34)4-3-13-30-26)15-25(38-28)21-9-7-20(17-32)8-10-21/h2-13,23,25,28,32H,1,14-18H2,(H,31,35)(H,33,34)/t23-,25+,28+/m0/s1. The third-order valence-electron chi connectivity index (χ3n) is 6.04. The highest BCUT2D eigenvalue weighted by atomic mass is 32.2. The summed E-state index contributed by atoms with van der Waals surface area (Å²) in [6, 6.07) is 18.3. The predicted molar refractivity (Wildman–Crippen MR) is 145 cm³/mol. The molecule has 204 valence electrons. The van der Waals surface area contributed by atoms with Crippen molar-refractivity contribution in [3.8, 4) is 0 Å². The lowest BCUT2D eigenvalue weighted by Crippen LogP contribution is -2.31. The number of hydrogen-bond acceptors (Lipinski definition) is 8. The molecule has 1 aliphatic rings. The quantitative estimate of drug-likeness (QED) is 0.223. The third kappa shape index (κ3) is 7.90. The molecule has 1 fully saturated rings. The number of ether oxygens (including phenoxy) is 3. The summed E-state index contributed by atoms with van der Waals surface area (Å²) in [5.41, 5.74) is 3.61. The van der Waals surface area contributed by atoms with E-state index in [-0.39, 0.29) is 31.0 Å². The van der Waals surface area contributed by atoms with E-state index in [4.69, 9.17) is 14.2 Å². The molecular formula is C29H30N2O7S. The summed E-state index contributed by atoms with van der Waals surface area (Å²) in [4.78, 5) is 27.5. The Balaban J connectivity index is 1.48. The number of pyridine rings is 1. The van der Waals surface area contributed by atoms with Gasteiger partial charge in [-0.2, -0.15) is 0 Å². The number of benzene rings is 2. The summed E-state index contributed by atoms with van der Waals surface area (Å²) >= 11 is 1.34. The van der Waals surface area contributed by atoms with Crippen molar-refractivity contribution in [3.63, 3.8) is 0 Å². The molecule has 3 atom stereocenters. The lowest BCUT2D eigenvalue weighted by atomic mass is 10.0. The number of thioether (sulfide) groups is 1. The van der Waals surface area contributed by atoms with E-state index in [1.807, 2.05) is 48.5 Å². The molecule has 0 radical (unpaired) electrons. The number of aliphatic hydroxyl groups excluding tert-OH is 1. The van der Waals surface area contributed by atoms with Crippen molar-refractivity contribution in [1.29, 1.82) is 0 Å². The Bertz CT molecular complexity index is 1270. The van der Waals surface area contributed by atoms with Gasteiger partial charge in [-0.15, -0.1) is 11.8 Å². The molecule has 2 heterocycles. The van der Waals surface area contributed by atoms with E-state index in [0.717, 1.165) is 22.3 Å². The van der Waals surface area contributed by atoms with Crippen LogP contribution in [0.1, 0.15) is 51.4 Å². The van der Waals surface area contributed by atoms with Crippen LogP contribution in [0.2, 0.25) is 0 Å². The Morgan fingerprint density at radius 2 is 1.79 bits per heavy atom. The SMILES string of the molecule is C=CCOC(=O)NCc1ccc([C@@H]2O[C@H](CSc3ncccc3C(=O)O)C[C@H](c3ccc(CO)cc3)O2)cc1. The summed E-state index contributed by atoms with van der Waals surface area (Å²) in [6.45, 7) is 3.92. The number of aromatic carboxylic acids is 1. The summed E-state index contributed by atoms with van der Waals surface area (Å²) < 4.78 is 17.6. The van der Waals surface area contributed by atoms with Crippen LogP contribution in [-0.4, -0.2) is 45.7 Å². The van der Waals surface area contributed by atoms with Crippen LogP contribution in [0, 0.1) is 0 Å². The first-order valence-electron chi connectivity index (χ1n) is 12.4. The fourth-order valence-electron chi connectivity index (χ4n) is 4.02. The van der Waals surface area contributed by atoms with Gasteiger partial charge < -0.3 is 29.7 Å². The second kappa shape index (κ2) is 13.9. The number of carbonyl (C=O) groups excluding carboxylic acids is 1. The molecule has 0 bridgehead atoms. The Hall–Kier alpha value is -3.70. The van der Waals surface area contributed by atoms with Crippen molar-refractivity contribution in [2.24, 2.45) is 0 Å². The van der Waals surface area contributed by atoms with E-state index >= 15 is 0 Å². The summed E-state index contributed by atoms with van der Waals surface area (Å²) in [6.07, 6.45) is 1.93. The van der Waals surface area contributed by atoms with Crippen molar-refractivity contribution in [3.05, 3.63) is 107 Å². The maximum atomic E-state index is 11.7. The molecule has 1 aromatic heterocycles. The first kappa shape index (κ1) is 28.3. The normalized spacial score (nSPS) is 18.7. The molecule has 0 spiro atoms. The zero-order valence-electron chi connectivity index (χ0n) is 21.2. The monoisotopic (exact) mass is 550 g/mol. The van der Waals surface area contributed by atoms with Crippen molar-refractivity contribution >= 4 is 23.8 Å². The minimum Gasteiger partial charge on any atom is -0.478 e. The number of nitrogens with one attached hydrogen (secondary N) is 1. The Morgan fingerprint density at radius 1 is 1.08 bits per heavy atom. The van der Waals surface area contributed by atoms with E-state index < -0.39 is 18.4 Å². The molecule has 3 aromatic rings. The van der Waals surface area contributed by atoms with Crippen LogP contribution in [0.25, 0.3) is 0 Å². The van der Waals surface area contributed by atoms with E-state index in [9.17, 15) is 19.8 Å².